The summed E-state index contributed by atoms with van der Waals surface area (Å²) in [6, 6.07) is 9.93. The van der Waals surface area contributed by atoms with Crippen molar-refractivity contribution in [2.24, 2.45) is 10.8 Å². The fourth-order valence-electron chi connectivity index (χ4n) is 2.24. The molecule has 1 aliphatic heterocycles. The van der Waals surface area contributed by atoms with Crippen molar-refractivity contribution >= 4 is 11.7 Å². The molecule has 1 aromatic rings. The molecule has 0 aromatic heterocycles. The standard InChI is InChI=1S/C18H23N3O2/c1-4-23-17(22)11-8-12-21-18(3,19)14(2)13-16(20-21)15-9-6-5-7-10-15/h5-11,13H,4,12,19H2,1-3H3/b11-8+. The molecule has 0 aliphatic carbocycles. The van der Waals surface area contributed by atoms with Crippen LogP contribution in [0.2, 0.25) is 0 Å². The quantitative estimate of drug-likeness (QED) is 0.670. The summed E-state index contributed by atoms with van der Waals surface area (Å²) in [5.74, 6) is -0.359. The minimum absolute atomic E-state index is 0.359. The van der Waals surface area contributed by atoms with Gasteiger partial charge >= 0.3 is 5.97 Å². The lowest BCUT2D eigenvalue weighted by atomic mass is 9.97. The number of nitrogens with two attached hydrogens (primary N) is 1. The minimum Gasteiger partial charge on any atom is -0.463 e. The summed E-state index contributed by atoms with van der Waals surface area (Å²) in [4.78, 5) is 11.4. The van der Waals surface area contributed by atoms with Crippen LogP contribution >= 0.6 is 0 Å². The van der Waals surface area contributed by atoms with Crippen molar-refractivity contribution in [2.45, 2.75) is 26.4 Å². The van der Waals surface area contributed by atoms with E-state index in [0.717, 1.165) is 16.8 Å². The lowest BCUT2D eigenvalue weighted by Crippen LogP contribution is -2.54. The maximum absolute atomic E-state index is 11.4. The molecule has 1 heterocycles. The molecule has 1 atom stereocenters. The van der Waals surface area contributed by atoms with Crippen molar-refractivity contribution in [1.82, 2.24) is 5.01 Å². The maximum Gasteiger partial charge on any atom is 0.330 e. The van der Waals surface area contributed by atoms with Crippen molar-refractivity contribution < 1.29 is 9.53 Å². The molecule has 5 nitrogen and oxygen atoms in total. The van der Waals surface area contributed by atoms with E-state index >= 15 is 0 Å². The molecule has 0 spiro atoms. The van der Waals surface area contributed by atoms with Gasteiger partial charge in [0.25, 0.3) is 0 Å². The lowest BCUT2D eigenvalue weighted by molar-refractivity contribution is -0.137. The van der Waals surface area contributed by atoms with Gasteiger partial charge in [0, 0.05) is 11.6 Å². The second kappa shape index (κ2) is 7.24. The van der Waals surface area contributed by atoms with E-state index in [4.69, 9.17) is 10.5 Å². The van der Waals surface area contributed by atoms with Crippen LogP contribution in [-0.4, -0.2) is 35.5 Å². The molecule has 23 heavy (non-hydrogen) atoms. The number of esters is 1. The number of hydrogen-bond donors (Lipinski definition) is 1. The first-order valence-electron chi connectivity index (χ1n) is 7.67. The Kier molecular flexibility index (Phi) is 5.34. The summed E-state index contributed by atoms with van der Waals surface area (Å²) in [5.41, 5.74) is 8.58. The maximum atomic E-state index is 11.4. The number of ether oxygens (including phenoxy) is 1. The highest BCUT2D eigenvalue weighted by molar-refractivity contribution is 6.09. The summed E-state index contributed by atoms with van der Waals surface area (Å²) in [6.45, 7) is 6.45. The van der Waals surface area contributed by atoms with Gasteiger partial charge in [-0.2, -0.15) is 5.10 Å². The number of hydrogen-bond acceptors (Lipinski definition) is 5. The van der Waals surface area contributed by atoms with Gasteiger partial charge in [-0.3, -0.25) is 5.01 Å². The van der Waals surface area contributed by atoms with Crippen LogP contribution in [0, 0.1) is 0 Å². The number of allylic oxidation sites excluding steroid dienone is 1. The van der Waals surface area contributed by atoms with E-state index in [1.54, 1.807) is 18.0 Å². The van der Waals surface area contributed by atoms with E-state index in [1.807, 2.05) is 50.3 Å². The second-order valence-electron chi connectivity index (χ2n) is 5.56. The average molecular weight is 313 g/mol. The zero-order valence-corrected chi connectivity index (χ0v) is 13.8. The van der Waals surface area contributed by atoms with Crippen LogP contribution in [-0.2, 0) is 9.53 Å². The topological polar surface area (TPSA) is 67.9 Å². The summed E-state index contributed by atoms with van der Waals surface area (Å²) in [7, 11) is 0. The minimum atomic E-state index is -0.697. The Morgan fingerprint density at radius 3 is 2.74 bits per heavy atom. The second-order valence-corrected chi connectivity index (χ2v) is 5.56. The van der Waals surface area contributed by atoms with Gasteiger partial charge in [-0.1, -0.05) is 36.4 Å². The molecule has 1 unspecified atom stereocenters. The van der Waals surface area contributed by atoms with E-state index in [0.29, 0.717) is 13.2 Å². The third-order valence-electron chi connectivity index (χ3n) is 3.80. The zero-order valence-electron chi connectivity index (χ0n) is 13.8. The number of carbonyl (C=O) groups excluding carboxylic acids is 1. The Bertz CT molecular complexity index is 645. The fraction of sp³-hybridized carbons (Fsp3) is 0.333. The van der Waals surface area contributed by atoms with E-state index in [2.05, 4.69) is 5.10 Å². The number of carbonyl (C=O) groups is 1. The number of hydrazone groups is 1. The Morgan fingerprint density at radius 2 is 2.09 bits per heavy atom. The van der Waals surface area contributed by atoms with E-state index < -0.39 is 5.66 Å². The van der Waals surface area contributed by atoms with Crippen molar-refractivity contribution in [3.05, 3.63) is 59.7 Å². The summed E-state index contributed by atoms with van der Waals surface area (Å²) in [6.07, 6.45) is 5.12. The highest BCUT2D eigenvalue weighted by Crippen LogP contribution is 2.25. The average Bonchev–Trinajstić information content (AvgIpc) is 2.52. The molecular weight excluding hydrogens is 290 g/mol. The molecule has 2 N–H and O–H groups in total. The first-order valence-corrected chi connectivity index (χ1v) is 7.67. The molecular formula is C18H23N3O2. The van der Waals surface area contributed by atoms with Crippen LogP contribution in [0.25, 0.3) is 0 Å². The number of nitrogens with zero attached hydrogens (tertiary/aromatic N) is 2. The predicted molar refractivity (Wildman–Crippen MR) is 91.8 cm³/mol. The van der Waals surface area contributed by atoms with Gasteiger partial charge in [0.05, 0.1) is 18.9 Å². The van der Waals surface area contributed by atoms with Crippen LogP contribution < -0.4 is 5.73 Å². The molecule has 5 heteroatoms. The van der Waals surface area contributed by atoms with Crippen LogP contribution in [0.15, 0.2) is 59.2 Å². The normalized spacial score (nSPS) is 21.1. The summed E-state index contributed by atoms with van der Waals surface area (Å²) in [5, 5.41) is 6.42. The predicted octanol–water partition coefficient (Wildman–Crippen LogP) is 2.45. The zero-order chi connectivity index (χ0) is 16.9. The van der Waals surface area contributed by atoms with Crippen molar-refractivity contribution in [3.63, 3.8) is 0 Å². The largest absolute Gasteiger partial charge is 0.463 e. The van der Waals surface area contributed by atoms with E-state index in [1.165, 1.54) is 6.08 Å². The summed E-state index contributed by atoms with van der Waals surface area (Å²) < 4.78 is 4.87. The molecule has 122 valence electrons. The van der Waals surface area contributed by atoms with Crippen LogP contribution in [0.1, 0.15) is 26.3 Å². The Hall–Kier alpha value is -2.40. The van der Waals surface area contributed by atoms with Crippen LogP contribution in [0.5, 0.6) is 0 Å². The first-order chi connectivity index (χ1) is 10.9. The third kappa shape index (κ3) is 4.07. The highest BCUT2D eigenvalue weighted by Gasteiger charge is 2.31. The molecule has 1 aromatic carbocycles. The van der Waals surface area contributed by atoms with E-state index in [9.17, 15) is 4.79 Å². The van der Waals surface area contributed by atoms with Crippen molar-refractivity contribution in [1.29, 1.82) is 0 Å². The lowest BCUT2D eigenvalue weighted by Gasteiger charge is -2.39. The van der Waals surface area contributed by atoms with Gasteiger partial charge in [0.2, 0.25) is 0 Å². The Balaban J connectivity index is 2.20. The smallest absolute Gasteiger partial charge is 0.330 e. The monoisotopic (exact) mass is 313 g/mol. The third-order valence-corrected chi connectivity index (χ3v) is 3.80. The van der Waals surface area contributed by atoms with Gasteiger partial charge in [0.1, 0.15) is 5.66 Å². The van der Waals surface area contributed by atoms with Crippen molar-refractivity contribution in [2.75, 3.05) is 13.2 Å². The fourth-order valence-corrected chi connectivity index (χ4v) is 2.24. The Labute approximate surface area is 137 Å². The first kappa shape index (κ1) is 17.0. The van der Waals surface area contributed by atoms with Gasteiger partial charge < -0.3 is 10.5 Å². The van der Waals surface area contributed by atoms with Crippen LogP contribution in [0.3, 0.4) is 0 Å². The molecule has 0 bridgehead atoms. The molecule has 0 amide bonds. The van der Waals surface area contributed by atoms with Gasteiger partial charge in [-0.25, -0.2) is 4.79 Å². The van der Waals surface area contributed by atoms with E-state index in [-0.39, 0.29) is 5.97 Å². The molecule has 0 saturated carbocycles. The number of benzene rings is 1. The van der Waals surface area contributed by atoms with Crippen molar-refractivity contribution in [3.8, 4) is 0 Å². The van der Waals surface area contributed by atoms with Gasteiger partial charge in [0.15, 0.2) is 0 Å². The molecule has 2 rings (SSSR count). The van der Waals surface area contributed by atoms with Gasteiger partial charge in [-0.15, -0.1) is 0 Å². The molecule has 1 aliphatic rings. The molecule has 0 saturated heterocycles. The SMILES string of the molecule is CCOC(=O)/C=C/CN1N=C(c2ccccc2)C=C(C)C1(C)N. The van der Waals surface area contributed by atoms with Crippen LogP contribution in [0.4, 0.5) is 0 Å². The number of rotatable bonds is 5. The summed E-state index contributed by atoms with van der Waals surface area (Å²) >= 11 is 0. The highest BCUT2D eigenvalue weighted by atomic mass is 16.5. The molecule has 0 radical (unpaired) electrons. The Morgan fingerprint density at radius 1 is 1.39 bits per heavy atom. The van der Waals surface area contributed by atoms with Gasteiger partial charge in [-0.05, 0) is 32.4 Å². The molecule has 0 fully saturated rings.